The number of hydrogen-bond acceptors (Lipinski definition) is 2. The van der Waals surface area contributed by atoms with Gasteiger partial charge in [-0.05, 0) is 18.6 Å². The maximum Gasteiger partial charge on any atom is 0.255 e. The van der Waals surface area contributed by atoms with E-state index >= 15 is 0 Å². The van der Waals surface area contributed by atoms with Crippen LogP contribution in [0.2, 0.25) is 0 Å². The molecule has 1 amide bonds. The van der Waals surface area contributed by atoms with Gasteiger partial charge in [0.15, 0.2) is 0 Å². The van der Waals surface area contributed by atoms with Gasteiger partial charge in [0, 0.05) is 18.0 Å². The molecule has 0 aliphatic carbocycles. The summed E-state index contributed by atoms with van der Waals surface area (Å²) in [5.74, 6) is 0.974. The summed E-state index contributed by atoms with van der Waals surface area (Å²) in [5, 5.41) is 2.96. The van der Waals surface area contributed by atoms with Crippen molar-refractivity contribution in [2.45, 2.75) is 32.4 Å². The highest BCUT2D eigenvalue weighted by atomic mass is 16.5. The van der Waals surface area contributed by atoms with E-state index in [2.05, 4.69) is 12.2 Å². The van der Waals surface area contributed by atoms with Crippen molar-refractivity contribution < 1.29 is 9.53 Å². The minimum Gasteiger partial charge on any atom is -0.489 e. The van der Waals surface area contributed by atoms with Crippen molar-refractivity contribution in [2.75, 3.05) is 0 Å². The number of ether oxygens (including phenoxy) is 1. The Hall–Kier alpha value is -2.29. The summed E-state index contributed by atoms with van der Waals surface area (Å²) in [6, 6.07) is 15.7. The van der Waals surface area contributed by atoms with Crippen LogP contribution in [0.5, 0.6) is 5.75 Å². The van der Waals surface area contributed by atoms with Gasteiger partial charge >= 0.3 is 0 Å². The lowest BCUT2D eigenvalue weighted by molar-refractivity contribution is 0.0946. The van der Waals surface area contributed by atoms with Crippen LogP contribution in [0.15, 0.2) is 48.5 Å². The zero-order valence-electron chi connectivity index (χ0n) is 12.3. The van der Waals surface area contributed by atoms with Crippen molar-refractivity contribution in [1.82, 2.24) is 5.32 Å². The lowest BCUT2D eigenvalue weighted by Crippen LogP contribution is -2.23. The second kappa shape index (κ2) is 5.60. The Morgan fingerprint density at radius 3 is 2.62 bits per heavy atom. The maximum absolute atomic E-state index is 12.4. The molecule has 2 unspecified atom stereocenters. The van der Waals surface area contributed by atoms with E-state index < -0.39 is 0 Å². The molecule has 21 heavy (non-hydrogen) atoms. The minimum absolute atomic E-state index is 0.0861. The molecule has 0 saturated carbocycles. The van der Waals surface area contributed by atoms with Crippen LogP contribution in [-0.4, -0.2) is 12.0 Å². The van der Waals surface area contributed by atoms with Gasteiger partial charge in [-0.25, -0.2) is 0 Å². The third-order valence-electron chi connectivity index (χ3n) is 4.08. The Kier molecular flexibility index (Phi) is 3.65. The van der Waals surface area contributed by atoms with Crippen LogP contribution in [0.3, 0.4) is 0 Å². The van der Waals surface area contributed by atoms with E-state index in [4.69, 9.17) is 4.74 Å². The molecule has 2 aromatic carbocycles. The van der Waals surface area contributed by atoms with Crippen molar-refractivity contribution in [3.63, 3.8) is 0 Å². The van der Waals surface area contributed by atoms with Gasteiger partial charge in [0.25, 0.3) is 5.91 Å². The number of benzene rings is 2. The molecule has 108 valence electrons. The zero-order chi connectivity index (χ0) is 14.8. The van der Waals surface area contributed by atoms with Gasteiger partial charge in [-0.2, -0.15) is 0 Å². The molecule has 0 aromatic heterocycles. The molecule has 3 heteroatoms. The van der Waals surface area contributed by atoms with Crippen molar-refractivity contribution in [1.29, 1.82) is 0 Å². The third-order valence-corrected chi connectivity index (χ3v) is 4.08. The predicted molar refractivity (Wildman–Crippen MR) is 82.6 cm³/mol. The summed E-state index contributed by atoms with van der Waals surface area (Å²) < 4.78 is 5.86. The van der Waals surface area contributed by atoms with Crippen LogP contribution < -0.4 is 10.1 Å². The van der Waals surface area contributed by atoms with Crippen molar-refractivity contribution >= 4 is 5.91 Å². The SMILES string of the molecule is CC1Oc2c(C(=O)NCc3ccccc3)cccc2C1C. The first-order valence-electron chi connectivity index (χ1n) is 7.28. The lowest BCUT2D eigenvalue weighted by atomic mass is 9.97. The Balaban J connectivity index is 1.77. The van der Waals surface area contributed by atoms with Crippen molar-refractivity contribution in [3.8, 4) is 5.75 Å². The van der Waals surface area contributed by atoms with Gasteiger partial charge in [-0.15, -0.1) is 0 Å². The average molecular weight is 281 g/mol. The topological polar surface area (TPSA) is 38.3 Å². The first-order chi connectivity index (χ1) is 10.2. The third kappa shape index (κ3) is 2.64. The van der Waals surface area contributed by atoms with Crippen LogP contribution in [0, 0.1) is 0 Å². The number of amides is 1. The first-order valence-corrected chi connectivity index (χ1v) is 7.28. The Morgan fingerprint density at radius 2 is 1.86 bits per heavy atom. The highest BCUT2D eigenvalue weighted by Crippen LogP contribution is 2.40. The molecule has 3 nitrogen and oxygen atoms in total. The molecule has 1 aliphatic rings. The summed E-state index contributed by atoms with van der Waals surface area (Å²) in [4.78, 5) is 12.4. The zero-order valence-corrected chi connectivity index (χ0v) is 12.3. The van der Waals surface area contributed by atoms with Crippen LogP contribution >= 0.6 is 0 Å². The summed E-state index contributed by atoms with van der Waals surface area (Å²) in [6.45, 7) is 4.69. The maximum atomic E-state index is 12.4. The molecule has 0 bridgehead atoms. The Morgan fingerprint density at radius 1 is 1.10 bits per heavy atom. The number of fused-ring (bicyclic) bond motifs is 1. The second-order valence-electron chi connectivity index (χ2n) is 5.50. The number of para-hydroxylation sites is 1. The highest BCUT2D eigenvalue weighted by Gasteiger charge is 2.30. The number of hydrogen-bond donors (Lipinski definition) is 1. The number of carbonyl (C=O) groups excluding carboxylic acids is 1. The lowest BCUT2D eigenvalue weighted by Gasteiger charge is -2.10. The molecule has 1 N–H and O–H groups in total. The normalized spacial score (nSPS) is 19.7. The molecule has 0 spiro atoms. The van der Waals surface area contributed by atoms with Gasteiger partial charge in [0.2, 0.25) is 0 Å². The standard InChI is InChI=1S/C18H19NO2/c1-12-13(2)21-17-15(12)9-6-10-16(17)18(20)19-11-14-7-4-3-5-8-14/h3-10,12-13H,11H2,1-2H3,(H,19,20). The fourth-order valence-electron chi connectivity index (χ4n) is 2.64. The summed E-state index contributed by atoms with van der Waals surface area (Å²) in [7, 11) is 0. The van der Waals surface area contributed by atoms with Crippen molar-refractivity contribution in [2.24, 2.45) is 0 Å². The molecule has 2 aromatic rings. The molecule has 3 rings (SSSR count). The smallest absolute Gasteiger partial charge is 0.255 e. The number of carbonyl (C=O) groups is 1. The van der Waals surface area contributed by atoms with Crippen LogP contribution in [0.4, 0.5) is 0 Å². The van der Waals surface area contributed by atoms with E-state index in [1.807, 2.05) is 55.5 Å². The molecule has 0 saturated heterocycles. The molecule has 0 radical (unpaired) electrons. The summed E-state index contributed by atoms with van der Waals surface area (Å²) in [5.41, 5.74) is 2.83. The first kappa shape index (κ1) is 13.7. The number of nitrogens with one attached hydrogen (secondary N) is 1. The molecule has 2 atom stereocenters. The number of rotatable bonds is 3. The molecular weight excluding hydrogens is 262 g/mol. The average Bonchev–Trinajstić information content (AvgIpc) is 2.81. The quantitative estimate of drug-likeness (QED) is 0.935. The van der Waals surface area contributed by atoms with Gasteiger partial charge in [0.1, 0.15) is 11.9 Å². The largest absolute Gasteiger partial charge is 0.489 e. The molecule has 1 aliphatic heterocycles. The molecule has 0 fully saturated rings. The van der Waals surface area contributed by atoms with Gasteiger partial charge in [-0.1, -0.05) is 49.4 Å². The molecular formula is C18H19NO2. The summed E-state index contributed by atoms with van der Waals surface area (Å²) >= 11 is 0. The van der Waals surface area contributed by atoms with Gasteiger partial charge < -0.3 is 10.1 Å². The van der Waals surface area contributed by atoms with E-state index in [1.165, 1.54) is 0 Å². The fourth-order valence-corrected chi connectivity index (χ4v) is 2.64. The van der Waals surface area contributed by atoms with E-state index in [-0.39, 0.29) is 12.0 Å². The molecule has 1 heterocycles. The fraction of sp³-hybridized carbons (Fsp3) is 0.278. The van der Waals surface area contributed by atoms with Gasteiger partial charge in [0.05, 0.1) is 5.56 Å². The van der Waals surface area contributed by atoms with Crippen molar-refractivity contribution in [3.05, 3.63) is 65.2 Å². The monoisotopic (exact) mass is 281 g/mol. The second-order valence-corrected chi connectivity index (χ2v) is 5.50. The summed E-state index contributed by atoms with van der Waals surface area (Å²) in [6.07, 6.45) is 0.114. The van der Waals surface area contributed by atoms with Gasteiger partial charge in [-0.3, -0.25) is 4.79 Å². The minimum atomic E-state index is -0.0861. The van der Waals surface area contributed by atoms with Crippen LogP contribution in [-0.2, 0) is 6.54 Å². The predicted octanol–water partition coefficient (Wildman–Crippen LogP) is 3.50. The Labute approximate surface area is 124 Å². The van der Waals surface area contributed by atoms with E-state index in [9.17, 15) is 4.79 Å². The van der Waals surface area contributed by atoms with E-state index in [1.54, 1.807) is 0 Å². The highest BCUT2D eigenvalue weighted by molar-refractivity contribution is 5.97. The Bertz CT molecular complexity index is 652. The van der Waals surface area contributed by atoms with E-state index in [0.717, 1.165) is 16.9 Å². The van der Waals surface area contributed by atoms with Crippen LogP contribution in [0.1, 0.15) is 41.3 Å². The van der Waals surface area contributed by atoms with Crippen LogP contribution in [0.25, 0.3) is 0 Å². The van der Waals surface area contributed by atoms with E-state index in [0.29, 0.717) is 18.0 Å².